The lowest BCUT2D eigenvalue weighted by atomic mass is 10.1. The van der Waals surface area contributed by atoms with Gasteiger partial charge in [0, 0.05) is 23.2 Å². The minimum atomic E-state index is -4.68. The lowest BCUT2D eigenvalue weighted by Crippen LogP contribution is -2.32. The van der Waals surface area contributed by atoms with E-state index in [1.165, 1.54) is 13.0 Å². The van der Waals surface area contributed by atoms with Gasteiger partial charge in [-0.3, -0.25) is 4.79 Å². The van der Waals surface area contributed by atoms with Crippen LogP contribution in [0.3, 0.4) is 0 Å². The van der Waals surface area contributed by atoms with Crippen molar-refractivity contribution in [3.63, 3.8) is 0 Å². The molecule has 1 atom stereocenters. The maximum absolute atomic E-state index is 12.8. The van der Waals surface area contributed by atoms with E-state index in [4.69, 9.17) is 10.2 Å². The highest BCUT2D eigenvalue weighted by Crippen LogP contribution is 2.34. The summed E-state index contributed by atoms with van der Waals surface area (Å²) >= 11 is 0. The number of nitrogens with two attached hydrogens (primary N) is 1. The Hall–Kier alpha value is -2.35. The van der Waals surface area contributed by atoms with Gasteiger partial charge < -0.3 is 15.5 Å². The number of fused-ring (bicyclic) bond motifs is 1. The van der Waals surface area contributed by atoms with E-state index in [-0.39, 0.29) is 16.7 Å². The molecule has 1 aromatic carbocycles. The molecule has 1 aromatic heterocycles. The average molecular weight is 300 g/mol. The molecule has 3 N–H and O–H groups in total. The first-order valence-electron chi connectivity index (χ1n) is 5.90. The fraction of sp³-hybridized carbons (Fsp3) is 0.231. The van der Waals surface area contributed by atoms with E-state index >= 15 is 0 Å². The smallest absolute Gasteiger partial charge is 0.417 e. The Labute approximate surface area is 116 Å². The molecule has 0 bridgehead atoms. The topological polar surface area (TPSA) is 85.3 Å². The molecule has 5 nitrogen and oxygen atoms in total. The van der Waals surface area contributed by atoms with Crippen molar-refractivity contribution in [1.29, 1.82) is 0 Å². The SMILES string of the molecule is CC(N)C(=O)Nc1ccc2c(C(F)(F)F)cc(=O)oc2c1. The monoisotopic (exact) mass is 300 g/mol. The van der Waals surface area contributed by atoms with Gasteiger partial charge in [0.15, 0.2) is 0 Å². The van der Waals surface area contributed by atoms with Gasteiger partial charge in [-0.25, -0.2) is 4.79 Å². The number of carbonyl (C=O) groups excluding carboxylic acids is 1. The van der Waals surface area contributed by atoms with Crippen LogP contribution in [0.4, 0.5) is 18.9 Å². The summed E-state index contributed by atoms with van der Waals surface area (Å²) in [5, 5.41) is 2.14. The Morgan fingerprint density at radius 3 is 2.57 bits per heavy atom. The first-order valence-corrected chi connectivity index (χ1v) is 5.90. The van der Waals surface area contributed by atoms with E-state index < -0.39 is 29.3 Å². The quantitative estimate of drug-likeness (QED) is 0.832. The Morgan fingerprint density at radius 2 is 2.00 bits per heavy atom. The third-order valence-corrected chi connectivity index (χ3v) is 2.73. The predicted molar refractivity (Wildman–Crippen MR) is 69.8 cm³/mol. The number of rotatable bonds is 2. The van der Waals surface area contributed by atoms with Crippen LogP contribution in [-0.4, -0.2) is 11.9 Å². The van der Waals surface area contributed by atoms with Crippen LogP contribution < -0.4 is 16.7 Å². The first kappa shape index (κ1) is 15.0. The summed E-state index contributed by atoms with van der Waals surface area (Å²) in [5.74, 6) is -0.510. The third kappa shape index (κ3) is 3.22. The molecule has 2 rings (SSSR count). The molecule has 1 heterocycles. The van der Waals surface area contributed by atoms with E-state index in [1.807, 2.05) is 0 Å². The zero-order valence-electron chi connectivity index (χ0n) is 10.8. The molecule has 0 fully saturated rings. The summed E-state index contributed by atoms with van der Waals surface area (Å²) < 4.78 is 43.3. The van der Waals surface area contributed by atoms with Crippen LogP contribution >= 0.6 is 0 Å². The van der Waals surface area contributed by atoms with Crippen molar-refractivity contribution in [2.24, 2.45) is 5.73 Å². The number of hydrogen-bond acceptors (Lipinski definition) is 4. The lowest BCUT2D eigenvalue weighted by molar-refractivity contribution is -0.136. The molecule has 0 aliphatic rings. The number of anilines is 1. The van der Waals surface area contributed by atoms with Gasteiger partial charge in [-0.2, -0.15) is 13.2 Å². The highest BCUT2D eigenvalue weighted by Gasteiger charge is 2.33. The van der Waals surface area contributed by atoms with Gasteiger partial charge in [-0.1, -0.05) is 0 Å². The Morgan fingerprint density at radius 1 is 1.33 bits per heavy atom. The first-order chi connectivity index (χ1) is 9.68. The molecule has 0 spiro atoms. The van der Waals surface area contributed by atoms with Gasteiger partial charge in [0.2, 0.25) is 5.91 Å². The van der Waals surface area contributed by atoms with Crippen molar-refractivity contribution in [3.05, 3.63) is 40.2 Å². The van der Waals surface area contributed by atoms with Gasteiger partial charge >= 0.3 is 11.8 Å². The summed E-state index contributed by atoms with van der Waals surface area (Å²) in [6.07, 6.45) is -4.68. The van der Waals surface area contributed by atoms with Crippen molar-refractivity contribution >= 4 is 22.6 Å². The van der Waals surface area contributed by atoms with Gasteiger partial charge in [0.25, 0.3) is 0 Å². The van der Waals surface area contributed by atoms with Crippen LogP contribution in [-0.2, 0) is 11.0 Å². The zero-order valence-corrected chi connectivity index (χ0v) is 10.8. The molecular weight excluding hydrogens is 289 g/mol. The summed E-state index contributed by atoms with van der Waals surface area (Å²) in [5.41, 5.74) is 3.08. The van der Waals surface area contributed by atoms with E-state index in [9.17, 15) is 22.8 Å². The van der Waals surface area contributed by atoms with Crippen molar-refractivity contribution < 1.29 is 22.4 Å². The van der Waals surface area contributed by atoms with Crippen molar-refractivity contribution in [2.45, 2.75) is 19.1 Å². The zero-order chi connectivity index (χ0) is 15.8. The highest BCUT2D eigenvalue weighted by atomic mass is 19.4. The Kier molecular flexibility index (Phi) is 3.73. The fourth-order valence-corrected chi connectivity index (χ4v) is 1.73. The fourth-order valence-electron chi connectivity index (χ4n) is 1.73. The summed E-state index contributed by atoms with van der Waals surface area (Å²) in [6.45, 7) is 1.46. The second kappa shape index (κ2) is 5.21. The maximum Gasteiger partial charge on any atom is 0.417 e. The lowest BCUT2D eigenvalue weighted by Gasteiger charge is -2.11. The van der Waals surface area contributed by atoms with Gasteiger partial charge in [0.05, 0.1) is 11.6 Å². The second-order valence-corrected chi connectivity index (χ2v) is 4.47. The van der Waals surface area contributed by atoms with Crippen LogP contribution in [0.15, 0.2) is 33.5 Å². The summed E-state index contributed by atoms with van der Waals surface area (Å²) in [4.78, 5) is 22.7. The van der Waals surface area contributed by atoms with Crippen LogP contribution in [0.25, 0.3) is 11.0 Å². The maximum atomic E-state index is 12.8. The predicted octanol–water partition coefficient (Wildman–Crippen LogP) is 2.10. The molecule has 0 aliphatic carbocycles. The van der Waals surface area contributed by atoms with E-state index in [0.717, 1.165) is 12.1 Å². The molecule has 112 valence electrons. The highest BCUT2D eigenvalue weighted by molar-refractivity contribution is 5.96. The van der Waals surface area contributed by atoms with Crippen LogP contribution in [0.5, 0.6) is 0 Å². The normalized spacial score (nSPS) is 13.2. The van der Waals surface area contributed by atoms with Gasteiger partial charge in [0.1, 0.15) is 5.58 Å². The standard InChI is InChI=1S/C13H11F3N2O3/c1-6(17)12(20)18-7-2-3-8-9(13(14,15)16)5-11(19)21-10(8)4-7/h2-6H,17H2,1H3,(H,18,20). The van der Waals surface area contributed by atoms with Crippen LogP contribution in [0, 0.1) is 0 Å². The minimum absolute atomic E-state index is 0.187. The second-order valence-electron chi connectivity index (χ2n) is 4.47. The largest absolute Gasteiger partial charge is 0.423 e. The molecular formula is C13H11F3N2O3. The number of amides is 1. The number of nitrogens with one attached hydrogen (secondary N) is 1. The van der Waals surface area contributed by atoms with Gasteiger partial charge in [-0.05, 0) is 19.1 Å². The average Bonchev–Trinajstić information content (AvgIpc) is 2.36. The molecule has 21 heavy (non-hydrogen) atoms. The molecule has 0 saturated carbocycles. The van der Waals surface area contributed by atoms with E-state index in [1.54, 1.807) is 0 Å². The number of hydrogen-bond donors (Lipinski definition) is 2. The molecule has 1 amide bonds. The molecule has 2 aromatic rings. The molecule has 0 aliphatic heterocycles. The Bertz CT molecular complexity index is 750. The van der Waals surface area contributed by atoms with Crippen molar-refractivity contribution in [1.82, 2.24) is 0 Å². The number of benzene rings is 1. The molecule has 8 heteroatoms. The summed E-state index contributed by atoms with van der Waals surface area (Å²) in [7, 11) is 0. The van der Waals surface area contributed by atoms with E-state index in [2.05, 4.69) is 5.32 Å². The third-order valence-electron chi connectivity index (χ3n) is 2.73. The number of carbonyl (C=O) groups is 1. The van der Waals surface area contributed by atoms with Crippen molar-refractivity contribution in [2.75, 3.05) is 5.32 Å². The van der Waals surface area contributed by atoms with Crippen LogP contribution in [0.1, 0.15) is 12.5 Å². The summed E-state index contributed by atoms with van der Waals surface area (Å²) in [6, 6.07) is 3.15. The molecule has 0 saturated heterocycles. The Balaban J connectivity index is 2.55. The molecule has 0 radical (unpaired) electrons. The van der Waals surface area contributed by atoms with Crippen LogP contribution in [0.2, 0.25) is 0 Å². The van der Waals surface area contributed by atoms with Gasteiger partial charge in [-0.15, -0.1) is 0 Å². The number of halogens is 3. The molecule has 1 unspecified atom stereocenters. The van der Waals surface area contributed by atoms with E-state index in [0.29, 0.717) is 6.07 Å². The minimum Gasteiger partial charge on any atom is -0.423 e. The van der Waals surface area contributed by atoms with Crippen molar-refractivity contribution in [3.8, 4) is 0 Å². The number of alkyl halides is 3.